The number of hydrogen-bond acceptors (Lipinski definition) is 7. The lowest BCUT2D eigenvalue weighted by Gasteiger charge is -2.31. The zero-order valence-corrected chi connectivity index (χ0v) is 12.9. The molecule has 0 amide bonds. The van der Waals surface area contributed by atoms with Crippen molar-refractivity contribution >= 4 is 26.5 Å². The second-order valence-corrected chi connectivity index (χ2v) is 7.86. The quantitative estimate of drug-likeness (QED) is 0.865. The maximum absolute atomic E-state index is 11.3. The van der Waals surface area contributed by atoms with Gasteiger partial charge in [-0.15, -0.1) is 5.10 Å². The Balaban J connectivity index is 1.59. The van der Waals surface area contributed by atoms with Crippen molar-refractivity contribution in [1.29, 1.82) is 0 Å². The first-order valence-corrected chi connectivity index (χ1v) is 8.96. The Morgan fingerprint density at radius 2 is 2.14 bits per heavy atom. The van der Waals surface area contributed by atoms with Crippen LogP contribution >= 0.6 is 11.3 Å². The molecular weight excluding hydrogens is 312 g/mol. The first kappa shape index (κ1) is 14.4. The smallest absolute Gasteiger partial charge is 0.249 e. The van der Waals surface area contributed by atoms with Crippen molar-refractivity contribution < 1.29 is 8.42 Å². The lowest BCUT2D eigenvalue weighted by molar-refractivity contribution is 0.339. The molecule has 8 nitrogen and oxygen atoms in total. The van der Waals surface area contributed by atoms with Gasteiger partial charge in [0.25, 0.3) is 0 Å². The third-order valence-electron chi connectivity index (χ3n) is 3.55. The van der Waals surface area contributed by atoms with Crippen molar-refractivity contribution in [3.8, 4) is 0 Å². The molecule has 1 fully saturated rings. The van der Waals surface area contributed by atoms with Gasteiger partial charge in [0.05, 0.1) is 12.4 Å². The molecule has 3 heterocycles. The topological polar surface area (TPSA) is 107 Å². The van der Waals surface area contributed by atoms with Crippen LogP contribution in [0.3, 0.4) is 0 Å². The summed E-state index contributed by atoms with van der Waals surface area (Å²) in [5.41, 5.74) is 0. The summed E-state index contributed by atoms with van der Waals surface area (Å²) in [6.07, 6.45) is 6.91. The van der Waals surface area contributed by atoms with E-state index in [4.69, 9.17) is 5.14 Å². The van der Waals surface area contributed by atoms with Gasteiger partial charge in [-0.1, -0.05) is 16.6 Å². The number of nitrogens with two attached hydrogens (primary N) is 1. The lowest BCUT2D eigenvalue weighted by atomic mass is 9.97. The number of rotatable bonds is 4. The Labute approximate surface area is 126 Å². The van der Waals surface area contributed by atoms with Crippen molar-refractivity contribution in [3.05, 3.63) is 18.6 Å². The van der Waals surface area contributed by atoms with E-state index in [1.807, 2.05) is 10.9 Å². The van der Waals surface area contributed by atoms with Crippen molar-refractivity contribution in [1.82, 2.24) is 20.0 Å². The largest absolute Gasteiger partial charge is 0.348 e. The number of sulfonamides is 1. The fourth-order valence-electron chi connectivity index (χ4n) is 2.43. The number of primary sulfonamides is 1. The minimum absolute atomic E-state index is 0.113. The Morgan fingerprint density at radius 3 is 2.71 bits per heavy atom. The molecule has 0 atom stereocenters. The molecule has 10 heteroatoms. The fraction of sp³-hybridized carbons (Fsp3) is 0.545. The maximum atomic E-state index is 11.3. The van der Waals surface area contributed by atoms with Crippen molar-refractivity contribution in [3.63, 3.8) is 0 Å². The summed E-state index contributed by atoms with van der Waals surface area (Å²) >= 11 is 1.13. The van der Waals surface area contributed by atoms with E-state index in [1.54, 1.807) is 6.20 Å². The van der Waals surface area contributed by atoms with Gasteiger partial charge in [0, 0.05) is 25.8 Å². The Kier molecular flexibility index (Phi) is 3.91. The van der Waals surface area contributed by atoms with Crippen LogP contribution in [-0.2, 0) is 16.6 Å². The molecule has 0 spiro atoms. The molecule has 0 unspecified atom stereocenters. The molecule has 21 heavy (non-hydrogen) atoms. The number of piperidine rings is 1. The van der Waals surface area contributed by atoms with E-state index in [-0.39, 0.29) is 4.21 Å². The summed E-state index contributed by atoms with van der Waals surface area (Å²) in [6, 6.07) is 0. The van der Waals surface area contributed by atoms with E-state index in [1.165, 1.54) is 6.20 Å². The third-order valence-corrected chi connectivity index (χ3v) is 6.02. The van der Waals surface area contributed by atoms with Gasteiger partial charge >= 0.3 is 0 Å². The van der Waals surface area contributed by atoms with Gasteiger partial charge in [-0.25, -0.2) is 18.5 Å². The van der Waals surface area contributed by atoms with Crippen molar-refractivity contribution in [2.45, 2.75) is 23.6 Å². The van der Waals surface area contributed by atoms with Crippen molar-refractivity contribution in [2.75, 3.05) is 18.0 Å². The van der Waals surface area contributed by atoms with E-state index in [0.29, 0.717) is 5.92 Å². The molecule has 0 radical (unpaired) electrons. The van der Waals surface area contributed by atoms with Crippen LogP contribution in [0.2, 0.25) is 0 Å². The second kappa shape index (κ2) is 5.70. The summed E-state index contributed by atoms with van der Waals surface area (Å²) in [6.45, 7) is 2.59. The predicted octanol–water partition coefficient (Wildman–Crippen LogP) is 0.299. The van der Waals surface area contributed by atoms with E-state index in [0.717, 1.165) is 48.9 Å². The van der Waals surface area contributed by atoms with Crippen LogP contribution in [0.5, 0.6) is 0 Å². The summed E-state index contributed by atoms with van der Waals surface area (Å²) in [5.74, 6) is 0.556. The van der Waals surface area contributed by atoms with E-state index >= 15 is 0 Å². The molecule has 0 saturated carbocycles. The fourth-order valence-corrected chi connectivity index (χ4v) is 4.02. The number of hydrogen-bond donors (Lipinski definition) is 1. The zero-order chi connectivity index (χ0) is 14.9. The molecule has 1 saturated heterocycles. The third kappa shape index (κ3) is 3.39. The van der Waals surface area contributed by atoms with Gasteiger partial charge in [-0.05, 0) is 18.8 Å². The van der Waals surface area contributed by atoms with Gasteiger partial charge in [0.1, 0.15) is 0 Å². The highest BCUT2D eigenvalue weighted by atomic mass is 32.2. The molecule has 3 rings (SSSR count). The van der Waals surface area contributed by atoms with Gasteiger partial charge in [0.2, 0.25) is 10.0 Å². The number of thiazole rings is 1. The maximum Gasteiger partial charge on any atom is 0.249 e. The molecule has 2 aromatic rings. The van der Waals surface area contributed by atoms with Gasteiger partial charge in [-0.2, -0.15) is 0 Å². The summed E-state index contributed by atoms with van der Waals surface area (Å²) in [7, 11) is -3.65. The summed E-state index contributed by atoms with van der Waals surface area (Å²) in [5, 5.41) is 13.6. The van der Waals surface area contributed by atoms with Gasteiger partial charge < -0.3 is 4.90 Å². The highest BCUT2D eigenvalue weighted by molar-refractivity contribution is 7.91. The highest BCUT2D eigenvalue weighted by Gasteiger charge is 2.23. The summed E-state index contributed by atoms with van der Waals surface area (Å²) in [4.78, 5) is 6.27. The molecular formula is C11H16N6O2S2. The SMILES string of the molecule is NS(=O)(=O)c1cnc(N2CCC(Cn3ccnn3)CC2)s1. The van der Waals surface area contributed by atoms with E-state index in [2.05, 4.69) is 20.2 Å². The average molecular weight is 328 g/mol. The number of nitrogens with zero attached hydrogens (tertiary/aromatic N) is 5. The second-order valence-electron chi connectivity index (χ2n) is 5.06. The highest BCUT2D eigenvalue weighted by Crippen LogP contribution is 2.29. The molecule has 2 N–H and O–H groups in total. The minimum Gasteiger partial charge on any atom is -0.348 e. The van der Waals surface area contributed by atoms with E-state index in [9.17, 15) is 8.42 Å². The minimum atomic E-state index is -3.65. The zero-order valence-electron chi connectivity index (χ0n) is 11.3. The van der Waals surface area contributed by atoms with Gasteiger partial charge in [0.15, 0.2) is 9.34 Å². The molecule has 0 aromatic carbocycles. The molecule has 0 aliphatic carbocycles. The Morgan fingerprint density at radius 1 is 1.38 bits per heavy atom. The number of aromatic nitrogens is 4. The van der Waals surface area contributed by atoms with Crippen LogP contribution in [-0.4, -0.2) is 41.5 Å². The van der Waals surface area contributed by atoms with Crippen LogP contribution in [0.4, 0.5) is 5.13 Å². The Bertz CT molecular complexity index is 688. The molecule has 114 valence electrons. The monoisotopic (exact) mass is 328 g/mol. The summed E-state index contributed by atoms with van der Waals surface area (Å²) < 4.78 is 24.5. The van der Waals surface area contributed by atoms with Crippen LogP contribution in [0.1, 0.15) is 12.8 Å². The molecule has 1 aliphatic heterocycles. The molecule has 0 bridgehead atoms. The number of anilines is 1. The standard InChI is InChI=1S/C11H16N6O2S2/c12-21(18,19)10-7-13-11(20-10)16-4-1-9(2-5-16)8-17-6-3-14-15-17/h3,6-7,9H,1-2,4-5,8H2,(H2,12,18,19). The van der Waals surface area contributed by atoms with Crippen LogP contribution in [0.15, 0.2) is 22.8 Å². The average Bonchev–Trinajstić information content (AvgIpc) is 3.09. The predicted molar refractivity (Wildman–Crippen MR) is 78.4 cm³/mol. The van der Waals surface area contributed by atoms with Crippen LogP contribution in [0.25, 0.3) is 0 Å². The van der Waals surface area contributed by atoms with Crippen molar-refractivity contribution in [2.24, 2.45) is 11.1 Å². The molecule has 1 aliphatic rings. The first-order chi connectivity index (χ1) is 10.0. The first-order valence-electron chi connectivity index (χ1n) is 6.60. The normalized spacial score (nSPS) is 17.3. The molecule has 2 aromatic heterocycles. The Hall–Kier alpha value is -1.52. The lowest BCUT2D eigenvalue weighted by Crippen LogP contribution is -2.35. The van der Waals surface area contributed by atoms with E-state index < -0.39 is 10.0 Å². The van der Waals surface area contributed by atoms with Gasteiger partial charge in [-0.3, -0.25) is 4.68 Å². The van der Waals surface area contributed by atoms with Crippen LogP contribution < -0.4 is 10.0 Å². The van der Waals surface area contributed by atoms with Crippen LogP contribution in [0, 0.1) is 5.92 Å².